The third kappa shape index (κ3) is 2.85. The molecule has 1 saturated heterocycles. The SMILES string of the molecule is O=C1CC(CCl)CN1c1c(Br)cc(Cl)cc1[N+](=O)[O-]. The lowest BCUT2D eigenvalue weighted by atomic mass is 10.1. The fourth-order valence-electron chi connectivity index (χ4n) is 2.06. The predicted octanol–water partition coefficient (Wildman–Crippen LogP) is 3.60. The van der Waals surface area contributed by atoms with Gasteiger partial charge in [0.1, 0.15) is 5.69 Å². The number of benzene rings is 1. The topological polar surface area (TPSA) is 63.5 Å². The lowest BCUT2D eigenvalue weighted by Crippen LogP contribution is -2.26. The molecule has 1 unspecified atom stereocenters. The monoisotopic (exact) mass is 366 g/mol. The molecule has 1 atom stereocenters. The number of carbonyl (C=O) groups is 1. The van der Waals surface area contributed by atoms with Crippen LogP contribution in [-0.4, -0.2) is 23.3 Å². The number of nitrogens with zero attached hydrogens (tertiary/aromatic N) is 2. The molecular weight excluding hydrogens is 359 g/mol. The zero-order chi connectivity index (χ0) is 14.2. The van der Waals surface area contributed by atoms with Crippen LogP contribution in [0.25, 0.3) is 0 Å². The Kier molecular flexibility index (Phi) is 4.32. The molecule has 0 aliphatic carbocycles. The molecule has 0 aromatic heterocycles. The van der Waals surface area contributed by atoms with E-state index in [-0.39, 0.29) is 28.2 Å². The first-order chi connectivity index (χ1) is 8.93. The van der Waals surface area contributed by atoms with E-state index < -0.39 is 4.92 Å². The number of rotatable bonds is 3. The molecule has 0 saturated carbocycles. The summed E-state index contributed by atoms with van der Waals surface area (Å²) in [5.74, 6) is 0.189. The Labute approximate surface area is 127 Å². The number of nitro groups is 1. The van der Waals surface area contributed by atoms with Gasteiger partial charge in [-0.2, -0.15) is 0 Å². The van der Waals surface area contributed by atoms with Crippen molar-refractivity contribution in [2.75, 3.05) is 17.3 Å². The van der Waals surface area contributed by atoms with Gasteiger partial charge in [0.15, 0.2) is 0 Å². The molecule has 102 valence electrons. The predicted molar refractivity (Wildman–Crippen MR) is 77.0 cm³/mol. The van der Waals surface area contributed by atoms with Gasteiger partial charge in [-0.25, -0.2) is 0 Å². The smallest absolute Gasteiger partial charge is 0.295 e. The lowest BCUT2D eigenvalue weighted by Gasteiger charge is -2.18. The van der Waals surface area contributed by atoms with Crippen LogP contribution in [0.2, 0.25) is 5.02 Å². The molecule has 1 amide bonds. The maximum Gasteiger partial charge on any atom is 0.295 e. The highest BCUT2D eigenvalue weighted by molar-refractivity contribution is 9.10. The van der Waals surface area contributed by atoms with Gasteiger partial charge in [-0.05, 0) is 27.9 Å². The molecule has 0 radical (unpaired) electrons. The molecule has 8 heteroatoms. The van der Waals surface area contributed by atoms with Crippen LogP contribution in [-0.2, 0) is 4.79 Å². The molecule has 19 heavy (non-hydrogen) atoms. The van der Waals surface area contributed by atoms with E-state index in [1.807, 2.05) is 0 Å². The molecule has 0 spiro atoms. The first kappa shape index (κ1) is 14.6. The van der Waals surface area contributed by atoms with E-state index in [4.69, 9.17) is 23.2 Å². The second-order valence-electron chi connectivity index (χ2n) is 4.24. The Balaban J connectivity index is 2.50. The van der Waals surface area contributed by atoms with Gasteiger partial charge in [-0.15, -0.1) is 11.6 Å². The first-order valence-corrected chi connectivity index (χ1v) is 7.14. The summed E-state index contributed by atoms with van der Waals surface area (Å²) in [6.07, 6.45) is 0.301. The summed E-state index contributed by atoms with van der Waals surface area (Å²) >= 11 is 14.8. The van der Waals surface area contributed by atoms with Gasteiger partial charge in [0.25, 0.3) is 5.69 Å². The number of halogens is 3. The summed E-state index contributed by atoms with van der Waals surface area (Å²) in [5.41, 5.74) is 0.0509. The Hall–Kier alpha value is -0.850. The highest BCUT2D eigenvalue weighted by Crippen LogP contribution is 2.41. The highest BCUT2D eigenvalue weighted by Gasteiger charge is 2.35. The van der Waals surface area contributed by atoms with Crippen LogP contribution in [0.3, 0.4) is 0 Å². The van der Waals surface area contributed by atoms with Gasteiger partial charge >= 0.3 is 0 Å². The van der Waals surface area contributed by atoms with Crippen molar-refractivity contribution >= 4 is 56.4 Å². The van der Waals surface area contributed by atoms with Crippen molar-refractivity contribution in [3.05, 3.63) is 31.7 Å². The molecular formula is C11H9BrCl2N2O3. The summed E-state index contributed by atoms with van der Waals surface area (Å²) in [7, 11) is 0. The van der Waals surface area contributed by atoms with Crippen LogP contribution in [0.1, 0.15) is 6.42 Å². The number of nitro benzene ring substituents is 1. The largest absolute Gasteiger partial charge is 0.305 e. The van der Waals surface area contributed by atoms with Crippen molar-refractivity contribution in [2.24, 2.45) is 5.92 Å². The van der Waals surface area contributed by atoms with Gasteiger partial charge in [-0.3, -0.25) is 14.9 Å². The van der Waals surface area contributed by atoms with E-state index in [2.05, 4.69) is 15.9 Å². The molecule has 1 aliphatic rings. The Bertz CT molecular complexity index is 553. The van der Waals surface area contributed by atoms with Crippen LogP contribution in [0, 0.1) is 16.0 Å². The zero-order valence-corrected chi connectivity index (χ0v) is 12.7. The fourth-order valence-corrected chi connectivity index (χ4v) is 3.27. The van der Waals surface area contributed by atoms with E-state index in [0.29, 0.717) is 23.3 Å². The summed E-state index contributed by atoms with van der Waals surface area (Å²) in [5, 5.41) is 11.3. The minimum atomic E-state index is -0.548. The molecule has 2 rings (SSSR count). The van der Waals surface area contributed by atoms with Crippen LogP contribution in [0.4, 0.5) is 11.4 Å². The molecule has 1 aromatic rings. The van der Waals surface area contributed by atoms with Crippen molar-refractivity contribution in [2.45, 2.75) is 6.42 Å². The maximum atomic E-state index is 11.9. The minimum Gasteiger partial charge on any atom is -0.305 e. The number of carbonyl (C=O) groups excluding carboxylic acids is 1. The zero-order valence-electron chi connectivity index (χ0n) is 9.61. The molecule has 5 nitrogen and oxygen atoms in total. The second kappa shape index (κ2) is 5.64. The van der Waals surface area contributed by atoms with Crippen LogP contribution < -0.4 is 4.90 Å². The van der Waals surface area contributed by atoms with Crippen molar-refractivity contribution < 1.29 is 9.72 Å². The lowest BCUT2D eigenvalue weighted by molar-refractivity contribution is -0.384. The number of hydrogen-bond acceptors (Lipinski definition) is 3. The summed E-state index contributed by atoms with van der Waals surface area (Å²) in [6.45, 7) is 0.378. The Morgan fingerprint density at radius 2 is 2.21 bits per heavy atom. The molecule has 0 N–H and O–H groups in total. The molecule has 1 heterocycles. The van der Waals surface area contributed by atoms with Crippen LogP contribution in [0.15, 0.2) is 16.6 Å². The summed E-state index contributed by atoms with van der Waals surface area (Å²) < 4.78 is 0.426. The average molecular weight is 368 g/mol. The minimum absolute atomic E-state index is 0.0105. The van der Waals surface area contributed by atoms with E-state index >= 15 is 0 Å². The third-order valence-corrected chi connectivity index (χ3v) is 4.16. The standard InChI is InChI=1S/C11H9BrCl2N2O3/c12-8-2-7(14)3-9(16(18)19)11(8)15-5-6(4-13)1-10(15)17/h2-3,6H,1,4-5H2. The Morgan fingerprint density at radius 3 is 2.74 bits per heavy atom. The first-order valence-electron chi connectivity index (χ1n) is 5.43. The van der Waals surface area contributed by atoms with Gasteiger partial charge in [0.05, 0.1) is 4.92 Å². The summed E-state index contributed by atoms with van der Waals surface area (Å²) in [6, 6.07) is 2.77. The normalized spacial score (nSPS) is 19.0. The number of hydrogen-bond donors (Lipinski definition) is 0. The number of anilines is 1. The van der Waals surface area contributed by atoms with Crippen molar-refractivity contribution in [1.82, 2.24) is 0 Å². The molecule has 1 fully saturated rings. The summed E-state index contributed by atoms with van der Waals surface area (Å²) in [4.78, 5) is 23.9. The highest BCUT2D eigenvalue weighted by atomic mass is 79.9. The van der Waals surface area contributed by atoms with Crippen molar-refractivity contribution in [1.29, 1.82) is 0 Å². The van der Waals surface area contributed by atoms with Crippen LogP contribution in [0.5, 0.6) is 0 Å². The van der Waals surface area contributed by atoms with Crippen molar-refractivity contribution in [3.63, 3.8) is 0 Å². The average Bonchev–Trinajstić information content (AvgIpc) is 2.69. The molecule has 1 aliphatic heterocycles. The molecule has 0 bridgehead atoms. The fraction of sp³-hybridized carbons (Fsp3) is 0.364. The van der Waals surface area contributed by atoms with Crippen LogP contribution >= 0.6 is 39.1 Å². The second-order valence-corrected chi connectivity index (χ2v) is 5.84. The number of alkyl halides is 1. The van der Waals surface area contributed by atoms with Gasteiger partial charge in [0.2, 0.25) is 5.91 Å². The molecule has 1 aromatic carbocycles. The number of amides is 1. The van der Waals surface area contributed by atoms with Gasteiger partial charge < -0.3 is 4.90 Å². The van der Waals surface area contributed by atoms with E-state index in [0.717, 1.165) is 0 Å². The maximum absolute atomic E-state index is 11.9. The Morgan fingerprint density at radius 1 is 1.53 bits per heavy atom. The quantitative estimate of drug-likeness (QED) is 0.465. The van der Waals surface area contributed by atoms with E-state index in [1.165, 1.54) is 17.0 Å². The van der Waals surface area contributed by atoms with E-state index in [9.17, 15) is 14.9 Å². The third-order valence-electron chi connectivity index (χ3n) is 2.90. The van der Waals surface area contributed by atoms with Gasteiger partial charge in [0, 0.05) is 34.4 Å². The van der Waals surface area contributed by atoms with Gasteiger partial charge in [-0.1, -0.05) is 11.6 Å². The van der Waals surface area contributed by atoms with Crippen molar-refractivity contribution in [3.8, 4) is 0 Å². The van der Waals surface area contributed by atoms with E-state index in [1.54, 1.807) is 0 Å².